The number of carbonyl (C=O) groups excluding carboxylic acids is 3. The van der Waals surface area contributed by atoms with Crippen molar-refractivity contribution in [2.45, 2.75) is 26.4 Å². The van der Waals surface area contributed by atoms with Crippen LogP contribution in [0.25, 0.3) is 0 Å². The number of nitrogens with zero attached hydrogens (tertiary/aromatic N) is 2. The largest absolute Gasteiger partial charge is 0.494 e. The Labute approximate surface area is 184 Å². The first kappa shape index (κ1) is 22.7. The molecule has 0 saturated carbocycles. The van der Waals surface area contributed by atoms with Crippen molar-refractivity contribution in [2.24, 2.45) is 5.92 Å². The van der Waals surface area contributed by atoms with E-state index in [1.807, 2.05) is 0 Å². The molecule has 0 radical (unpaired) electrons. The Bertz CT molecular complexity index is 1050. The summed E-state index contributed by atoms with van der Waals surface area (Å²) in [6.07, 6.45) is -0.246. The summed E-state index contributed by atoms with van der Waals surface area (Å²) in [7, 11) is 1.36. The number of esters is 1. The molecule has 1 atom stereocenters. The molecule has 168 valence electrons. The van der Waals surface area contributed by atoms with Crippen LogP contribution in [0.1, 0.15) is 30.6 Å². The van der Waals surface area contributed by atoms with Crippen molar-refractivity contribution < 1.29 is 28.8 Å². The zero-order chi connectivity index (χ0) is 23.4. The van der Waals surface area contributed by atoms with E-state index in [1.165, 1.54) is 30.2 Å². The maximum Gasteiger partial charge on any atom is 0.338 e. The van der Waals surface area contributed by atoms with Crippen LogP contribution in [0.5, 0.6) is 5.75 Å². The van der Waals surface area contributed by atoms with Crippen molar-refractivity contribution >= 4 is 34.8 Å². The van der Waals surface area contributed by atoms with Gasteiger partial charge in [-0.25, -0.2) is 4.79 Å². The lowest BCUT2D eigenvalue weighted by Crippen LogP contribution is -2.28. The van der Waals surface area contributed by atoms with Gasteiger partial charge in [0, 0.05) is 24.7 Å². The van der Waals surface area contributed by atoms with Gasteiger partial charge in [0.2, 0.25) is 11.8 Å². The number of non-ortho nitro benzene ring substituents is 1. The number of anilines is 2. The second kappa shape index (κ2) is 9.46. The zero-order valence-corrected chi connectivity index (χ0v) is 17.9. The molecule has 2 aromatic carbocycles. The average Bonchev–Trinajstić information content (AvgIpc) is 3.14. The Morgan fingerprint density at radius 3 is 2.47 bits per heavy atom. The van der Waals surface area contributed by atoms with Gasteiger partial charge in [-0.15, -0.1) is 0 Å². The standard InChI is InChI=1S/C22H23N3O7/c1-13(2)32-22(28)14-4-6-16(7-5-14)23-21(27)15-10-20(26)24(12-15)18-9-8-17(25(29)30)11-19(18)31-3/h4-9,11,13,15H,10,12H2,1-3H3,(H,23,27)/t15-/m0/s1. The van der Waals surface area contributed by atoms with Crippen molar-refractivity contribution in [2.75, 3.05) is 23.9 Å². The summed E-state index contributed by atoms with van der Waals surface area (Å²) in [4.78, 5) is 49.0. The third-order valence-corrected chi connectivity index (χ3v) is 4.89. The molecule has 0 aliphatic carbocycles. The predicted octanol–water partition coefficient (Wildman–Crippen LogP) is 3.16. The predicted molar refractivity (Wildman–Crippen MR) is 116 cm³/mol. The molecule has 1 aliphatic rings. The summed E-state index contributed by atoms with van der Waals surface area (Å²) >= 11 is 0. The van der Waals surface area contributed by atoms with Crippen LogP contribution < -0.4 is 15.0 Å². The molecule has 0 aromatic heterocycles. The molecular formula is C22H23N3O7. The topological polar surface area (TPSA) is 128 Å². The third kappa shape index (κ3) is 5.02. The van der Waals surface area contributed by atoms with Gasteiger partial charge in [-0.1, -0.05) is 0 Å². The summed E-state index contributed by atoms with van der Waals surface area (Å²) in [5, 5.41) is 13.7. The quantitative estimate of drug-likeness (QED) is 0.397. The third-order valence-electron chi connectivity index (χ3n) is 4.89. The highest BCUT2D eigenvalue weighted by Gasteiger charge is 2.36. The van der Waals surface area contributed by atoms with E-state index in [-0.39, 0.29) is 42.3 Å². The van der Waals surface area contributed by atoms with Gasteiger partial charge in [0.1, 0.15) is 5.75 Å². The molecule has 3 rings (SSSR count). The van der Waals surface area contributed by atoms with E-state index < -0.39 is 16.8 Å². The van der Waals surface area contributed by atoms with E-state index in [4.69, 9.17) is 9.47 Å². The first-order chi connectivity index (χ1) is 15.2. The number of nitro groups is 1. The number of methoxy groups -OCH3 is 1. The SMILES string of the molecule is COc1cc([N+](=O)[O-])ccc1N1C[C@@H](C(=O)Nc2ccc(C(=O)OC(C)C)cc2)CC1=O. The minimum atomic E-state index is -0.618. The molecule has 10 nitrogen and oxygen atoms in total. The van der Waals surface area contributed by atoms with E-state index in [0.29, 0.717) is 16.9 Å². The molecule has 0 unspecified atom stereocenters. The number of carbonyl (C=O) groups is 3. The van der Waals surface area contributed by atoms with Crippen molar-refractivity contribution in [1.29, 1.82) is 0 Å². The molecule has 1 heterocycles. The van der Waals surface area contributed by atoms with Gasteiger partial charge in [-0.05, 0) is 44.2 Å². The monoisotopic (exact) mass is 441 g/mol. The second-order valence-corrected chi connectivity index (χ2v) is 7.54. The van der Waals surface area contributed by atoms with Gasteiger partial charge in [0.05, 0.1) is 41.4 Å². The molecule has 32 heavy (non-hydrogen) atoms. The van der Waals surface area contributed by atoms with E-state index in [0.717, 1.165) is 0 Å². The zero-order valence-electron chi connectivity index (χ0n) is 17.9. The minimum Gasteiger partial charge on any atom is -0.494 e. The van der Waals surface area contributed by atoms with Gasteiger partial charge in [0.25, 0.3) is 5.69 Å². The van der Waals surface area contributed by atoms with Crippen LogP contribution >= 0.6 is 0 Å². The van der Waals surface area contributed by atoms with Crippen LogP contribution in [0.2, 0.25) is 0 Å². The van der Waals surface area contributed by atoms with Crippen LogP contribution in [0.3, 0.4) is 0 Å². The van der Waals surface area contributed by atoms with Crippen molar-refractivity contribution in [1.82, 2.24) is 0 Å². The van der Waals surface area contributed by atoms with E-state index in [2.05, 4.69) is 5.32 Å². The summed E-state index contributed by atoms with van der Waals surface area (Å²) in [5.41, 5.74) is 1.05. The first-order valence-corrected chi connectivity index (χ1v) is 9.94. The number of rotatable bonds is 7. The highest BCUT2D eigenvalue weighted by molar-refractivity contribution is 6.04. The Morgan fingerprint density at radius 2 is 1.88 bits per heavy atom. The molecule has 1 N–H and O–H groups in total. The van der Waals surface area contributed by atoms with Crippen LogP contribution in [-0.4, -0.2) is 42.5 Å². The number of ether oxygens (including phenoxy) is 2. The molecule has 10 heteroatoms. The lowest BCUT2D eigenvalue weighted by Gasteiger charge is -2.19. The minimum absolute atomic E-state index is 0.00915. The number of hydrogen-bond donors (Lipinski definition) is 1. The number of amides is 2. The Balaban J connectivity index is 1.68. The molecule has 1 aliphatic heterocycles. The van der Waals surface area contributed by atoms with E-state index >= 15 is 0 Å². The van der Waals surface area contributed by atoms with Gasteiger partial charge in [0.15, 0.2) is 0 Å². The van der Waals surface area contributed by atoms with Crippen LogP contribution in [0.4, 0.5) is 17.1 Å². The second-order valence-electron chi connectivity index (χ2n) is 7.54. The normalized spacial score (nSPS) is 15.6. The fourth-order valence-electron chi connectivity index (χ4n) is 3.33. The number of hydrogen-bond acceptors (Lipinski definition) is 7. The summed E-state index contributed by atoms with van der Waals surface area (Å²) in [5.74, 6) is -1.53. The molecular weight excluding hydrogens is 418 g/mol. The fourth-order valence-corrected chi connectivity index (χ4v) is 3.33. The highest BCUT2D eigenvalue weighted by Crippen LogP contribution is 2.36. The lowest BCUT2D eigenvalue weighted by molar-refractivity contribution is -0.384. The van der Waals surface area contributed by atoms with Gasteiger partial charge in [-0.3, -0.25) is 19.7 Å². The van der Waals surface area contributed by atoms with Crippen molar-refractivity contribution in [3.63, 3.8) is 0 Å². The first-order valence-electron chi connectivity index (χ1n) is 9.94. The highest BCUT2D eigenvalue weighted by atomic mass is 16.6. The maximum atomic E-state index is 12.7. The Hall–Kier alpha value is -3.95. The average molecular weight is 441 g/mol. The Morgan fingerprint density at radius 1 is 1.19 bits per heavy atom. The van der Waals surface area contributed by atoms with Crippen LogP contribution in [0, 0.1) is 16.0 Å². The summed E-state index contributed by atoms with van der Waals surface area (Å²) in [6.45, 7) is 3.62. The van der Waals surface area contributed by atoms with Crippen LogP contribution in [-0.2, 0) is 14.3 Å². The number of nitro benzene ring substituents is 1. The van der Waals surface area contributed by atoms with Crippen molar-refractivity contribution in [3.8, 4) is 5.75 Å². The number of nitrogens with one attached hydrogen (secondary N) is 1. The molecule has 2 aromatic rings. The summed E-state index contributed by atoms with van der Waals surface area (Å²) < 4.78 is 10.3. The molecule has 1 fully saturated rings. The van der Waals surface area contributed by atoms with E-state index in [1.54, 1.807) is 38.1 Å². The molecule has 2 amide bonds. The van der Waals surface area contributed by atoms with Gasteiger partial charge < -0.3 is 19.7 Å². The van der Waals surface area contributed by atoms with Crippen molar-refractivity contribution in [3.05, 3.63) is 58.1 Å². The van der Waals surface area contributed by atoms with Gasteiger partial charge >= 0.3 is 5.97 Å². The maximum absolute atomic E-state index is 12.7. The van der Waals surface area contributed by atoms with Gasteiger partial charge in [-0.2, -0.15) is 0 Å². The smallest absolute Gasteiger partial charge is 0.338 e. The Kier molecular flexibility index (Phi) is 6.72. The van der Waals surface area contributed by atoms with E-state index in [9.17, 15) is 24.5 Å². The molecule has 1 saturated heterocycles. The lowest BCUT2D eigenvalue weighted by atomic mass is 10.1. The molecule has 0 bridgehead atoms. The fraction of sp³-hybridized carbons (Fsp3) is 0.318. The van der Waals surface area contributed by atoms with Crippen LogP contribution in [0.15, 0.2) is 42.5 Å². The molecule has 0 spiro atoms. The number of benzene rings is 2. The summed E-state index contributed by atoms with van der Waals surface area (Å²) in [6, 6.07) is 10.2.